The number of hydrogen-bond donors (Lipinski definition) is 2. The van der Waals surface area contributed by atoms with Crippen molar-refractivity contribution in [3.05, 3.63) is 130 Å². The standard InChI is InChI=1S/2C16H19NO.C10H20.C5H12.C3H8.C2H6/c2*1-2-13-4-3-5-15(10-13)12-18-16-8-6-14(11-17)7-9-16;1-3-9-5-7-10(4-2)8-6-9;1-4-5(2)3;1-3-2;1-2/h2*3-10H,2,11-12,17H2,1H3;9-10H,3-8H2,1-2H3;5H,4H2,1-3H3;3H2,1-2H3;1-2H3. The number of rotatable bonds is 13. The molecule has 0 amide bonds. The fourth-order valence-corrected chi connectivity index (χ4v) is 5.70. The van der Waals surface area contributed by atoms with Crippen LogP contribution in [0.1, 0.15) is 161 Å². The Labute approximate surface area is 346 Å². The highest BCUT2D eigenvalue weighted by Crippen LogP contribution is 2.31. The lowest BCUT2D eigenvalue weighted by molar-refractivity contribution is 0.264. The van der Waals surface area contributed by atoms with Gasteiger partial charge in [-0.3, -0.25) is 0 Å². The molecule has 4 aromatic carbocycles. The molecule has 1 saturated carbocycles. The fourth-order valence-electron chi connectivity index (χ4n) is 5.70. The molecule has 1 aliphatic rings. The predicted molar refractivity (Wildman–Crippen MR) is 247 cm³/mol. The van der Waals surface area contributed by atoms with E-state index in [1.54, 1.807) is 0 Å². The van der Waals surface area contributed by atoms with E-state index in [4.69, 9.17) is 20.9 Å². The van der Waals surface area contributed by atoms with Crippen molar-refractivity contribution in [3.8, 4) is 11.5 Å². The minimum Gasteiger partial charge on any atom is -0.489 e. The van der Waals surface area contributed by atoms with Gasteiger partial charge in [0.25, 0.3) is 0 Å². The van der Waals surface area contributed by atoms with Crippen LogP contribution < -0.4 is 20.9 Å². The minimum absolute atomic E-state index is 0.568. The van der Waals surface area contributed by atoms with Gasteiger partial charge in [0.1, 0.15) is 24.7 Å². The van der Waals surface area contributed by atoms with Crippen molar-refractivity contribution in [2.45, 2.75) is 167 Å². The number of aryl methyl sites for hydroxylation is 2. The van der Waals surface area contributed by atoms with Gasteiger partial charge in [-0.25, -0.2) is 0 Å². The first-order valence-corrected chi connectivity index (χ1v) is 22.2. The van der Waals surface area contributed by atoms with Gasteiger partial charge >= 0.3 is 0 Å². The molecule has 0 heterocycles. The molecule has 5 rings (SSSR count). The predicted octanol–water partition coefficient (Wildman–Crippen LogP) is 14.7. The third-order valence-electron chi connectivity index (χ3n) is 9.87. The van der Waals surface area contributed by atoms with Crippen LogP contribution in [-0.2, 0) is 39.1 Å². The van der Waals surface area contributed by atoms with E-state index < -0.39 is 0 Å². The molecular weight excluding hydrogens is 685 g/mol. The van der Waals surface area contributed by atoms with Crippen LogP contribution in [0.5, 0.6) is 11.5 Å². The smallest absolute Gasteiger partial charge is 0.119 e. The Bertz CT molecular complexity index is 1330. The van der Waals surface area contributed by atoms with Crippen molar-refractivity contribution in [2.75, 3.05) is 0 Å². The average molecular weight is 769 g/mol. The van der Waals surface area contributed by atoms with Crippen LogP contribution in [0.3, 0.4) is 0 Å². The summed E-state index contributed by atoms with van der Waals surface area (Å²) in [6.07, 6.45) is 13.5. The van der Waals surface area contributed by atoms with Gasteiger partial charge in [0.05, 0.1) is 0 Å². The Morgan fingerprint density at radius 2 is 0.804 bits per heavy atom. The number of nitrogens with two attached hydrogens (primary N) is 2. The quantitative estimate of drug-likeness (QED) is 0.142. The van der Waals surface area contributed by atoms with Crippen molar-refractivity contribution < 1.29 is 9.47 Å². The zero-order chi connectivity index (χ0) is 42.0. The maximum absolute atomic E-state index is 5.75. The summed E-state index contributed by atoms with van der Waals surface area (Å²) in [5, 5.41) is 0. The first-order chi connectivity index (χ1) is 27.2. The maximum atomic E-state index is 5.75. The monoisotopic (exact) mass is 769 g/mol. The molecule has 0 aromatic heterocycles. The summed E-state index contributed by atoms with van der Waals surface area (Å²) in [5.41, 5.74) is 18.4. The van der Waals surface area contributed by atoms with Gasteiger partial charge in [-0.15, -0.1) is 0 Å². The largest absolute Gasteiger partial charge is 0.489 e. The molecule has 4 N–H and O–H groups in total. The third kappa shape index (κ3) is 24.8. The van der Waals surface area contributed by atoms with Crippen molar-refractivity contribution in [1.29, 1.82) is 0 Å². The zero-order valence-corrected chi connectivity index (χ0v) is 37.8. The van der Waals surface area contributed by atoms with Crippen molar-refractivity contribution in [3.63, 3.8) is 0 Å². The highest BCUT2D eigenvalue weighted by atomic mass is 16.5. The van der Waals surface area contributed by atoms with Crippen LogP contribution in [0.4, 0.5) is 0 Å². The molecule has 4 aromatic rings. The molecule has 4 nitrogen and oxygen atoms in total. The lowest BCUT2D eigenvalue weighted by atomic mass is 9.80. The Morgan fingerprint density at radius 1 is 0.500 bits per heavy atom. The second-order valence-electron chi connectivity index (χ2n) is 14.8. The van der Waals surface area contributed by atoms with Gasteiger partial charge in [0, 0.05) is 13.1 Å². The average Bonchev–Trinajstić information content (AvgIpc) is 3.27. The van der Waals surface area contributed by atoms with E-state index in [1.165, 1.54) is 73.6 Å². The minimum atomic E-state index is 0.568. The first-order valence-electron chi connectivity index (χ1n) is 22.2. The Morgan fingerprint density at radius 3 is 1.05 bits per heavy atom. The molecule has 56 heavy (non-hydrogen) atoms. The van der Waals surface area contributed by atoms with E-state index in [1.807, 2.05) is 62.4 Å². The summed E-state index contributed by atoms with van der Waals surface area (Å²) in [7, 11) is 0. The molecule has 0 spiro atoms. The van der Waals surface area contributed by atoms with E-state index in [2.05, 4.69) is 111 Å². The molecule has 4 heteroatoms. The SMILES string of the molecule is CC.CCC.CCC(C)C.CCC1CCC(CC)CC1.CCc1cccc(COc2ccc(CN)cc2)c1.CCc1cccc(COc2ccc(CN)cc2)c1. The van der Waals surface area contributed by atoms with E-state index in [0.717, 1.165) is 53.2 Å². The summed E-state index contributed by atoms with van der Waals surface area (Å²) in [6, 6.07) is 32.8. The van der Waals surface area contributed by atoms with Crippen LogP contribution in [0.2, 0.25) is 0 Å². The van der Waals surface area contributed by atoms with E-state index >= 15 is 0 Å². The lowest BCUT2D eigenvalue weighted by Gasteiger charge is -2.26. The molecular formula is C52H84N2O2. The van der Waals surface area contributed by atoms with Gasteiger partial charge < -0.3 is 20.9 Å². The molecule has 0 radical (unpaired) electrons. The van der Waals surface area contributed by atoms with Gasteiger partial charge in [-0.1, -0.05) is 200 Å². The molecule has 1 fully saturated rings. The summed E-state index contributed by atoms with van der Waals surface area (Å²) < 4.78 is 11.5. The van der Waals surface area contributed by atoms with E-state index in [9.17, 15) is 0 Å². The molecule has 1 aliphatic carbocycles. The Hall–Kier alpha value is -3.60. The van der Waals surface area contributed by atoms with Crippen molar-refractivity contribution in [1.82, 2.24) is 0 Å². The van der Waals surface area contributed by atoms with Crippen LogP contribution in [0.25, 0.3) is 0 Å². The van der Waals surface area contributed by atoms with Crippen LogP contribution in [-0.4, -0.2) is 0 Å². The third-order valence-corrected chi connectivity index (χ3v) is 9.87. The second kappa shape index (κ2) is 34.6. The second-order valence-corrected chi connectivity index (χ2v) is 14.8. The van der Waals surface area contributed by atoms with Crippen molar-refractivity contribution >= 4 is 0 Å². The van der Waals surface area contributed by atoms with Gasteiger partial charge in [-0.2, -0.15) is 0 Å². The summed E-state index contributed by atoms with van der Waals surface area (Å²) >= 11 is 0. The van der Waals surface area contributed by atoms with Crippen molar-refractivity contribution in [2.24, 2.45) is 29.2 Å². The van der Waals surface area contributed by atoms with Gasteiger partial charge in [-0.05, 0) is 88.2 Å². The van der Waals surface area contributed by atoms with Crippen LogP contribution >= 0.6 is 0 Å². The van der Waals surface area contributed by atoms with Crippen LogP contribution in [0.15, 0.2) is 97.1 Å². The molecule has 0 unspecified atom stereocenters. The van der Waals surface area contributed by atoms with Gasteiger partial charge in [0.2, 0.25) is 0 Å². The topological polar surface area (TPSA) is 70.5 Å². The fraction of sp³-hybridized carbons (Fsp3) is 0.538. The Balaban J connectivity index is 0.000000744. The maximum Gasteiger partial charge on any atom is 0.119 e. The molecule has 0 atom stereocenters. The van der Waals surface area contributed by atoms with Gasteiger partial charge in [0.15, 0.2) is 0 Å². The summed E-state index contributed by atoms with van der Waals surface area (Å²) in [5.74, 6) is 4.80. The molecule has 314 valence electrons. The number of benzene rings is 4. The molecule has 0 saturated heterocycles. The molecule has 0 aliphatic heterocycles. The normalized spacial score (nSPS) is 14.0. The Kier molecular flexibility index (Phi) is 32.4. The number of hydrogen-bond acceptors (Lipinski definition) is 4. The first kappa shape index (κ1) is 52.4. The van der Waals surface area contributed by atoms with E-state index in [-0.39, 0.29) is 0 Å². The zero-order valence-electron chi connectivity index (χ0n) is 37.8. The summed E-state index contributed by atoms with van der Waals surface area (Å²) in [4.78, 5) is 0. The lowest BCUT2D eigenvalue weighted by Crippen LogP contribution is -2.12. The highest BCUT2D eigenvalue weighted by Gasteiger charge is 2.17. The van der Waals surface area contributed by atoms with E-state index in [0.29, 0.717) is 26.3 Å². The van der Waals surface area contributed by atoms with Crippen LogP contribution in [0, 0.1) is 17.8 Å². The summed E-state index contributed by atoms with van der Waals surface area (Å²) in [6.45, 7) is 26.2. The highest BCUT2D eigenvalue weighted by molar-refractivity contribution is 5.30. The molecule has 0 bridgehead atoms. The number of ether oxygens (including phenoxy) is 2.